The van der Waals surface area contributed by atoms with Gasteiger partial charge in [0.1, 0.15) is 5.82 Å². The highest BCUT2D eigenvalue weighted by atomic mass is 35.5. The summed E-state index contributed by atoms with van der Waals surface area (Å²) in [6.45, 7) is 4.58. The molecule has 0 spiro atoms. The molecule has 1 heterocycles. The van der Waals surface area contributed by atoms with Gasteiger partial charge in [0.05, 0.1) is 33.4 Å². The Balaban J connectivity index is 1.89. The van der Waals surface area contributed by atoms with Crippen LogP contribution < -0.4 is 4.72 Å². The Morgan fingerprint density at radius 3 is 2.46 bits per heavy atom. The molecule has 2 aromatic carbocycles. The normalized spacial score (nSPS) is 20.1. The van der Waals surface area contributed by atoms with Crippen LogP contribution in [-0.4, -0.2) is 44.5 Å². The maximum atomic E-state index is 13.3. The number of hydrogen-bond acceptors (Lipinski definition) is 4. The van der Waals surface area contributed by atoms with Gasteiger partial charge in [-0.15, -0.1) is 0 Å². The summed E-state index contributed by atoms with van der Waals surface area (Å²) in [6, 6.07) is 9.45. The van der Waals surface area contributed by atoms with Crippen molar-refractivity contribution in [1.29, 1.82) is 0 Å². The number of morpholine rings is 1. The van der Waals surface area contributed by atoms with E-state index in [-0.39, 0.29) is 39.3 Å². The molecule has 1 aliphatic rings. The highest BCUT2D eigenvalue weighted by molar-refractivity contribution is 7.92. The SMILES string of the molecule is CC1CN(C(=O)c2ccccc2NS(=O)(=O)c2ccc(F)c(Cl)c2)CC(C)O1. The summed E-state index contributed by atoms with van der Waals surface area (Å²) in [4.78, 5) is 14.4. The Labute approximate surface area is 168 Å². The molecule has 0 aromatic heterocycles. The van der Waals surface area contributed by atoms with Crippen molar-refractivity contribution in [3.8, 4) is 0 Å². The standard InChI is InChI=1S/C19H20ClFN2O4S/c1-12-10-23(11-13(2)27-12)19(24)15-5-3-4-6-18(15)22-28(25,26)14-7-8-17(21)16(20)9-14/h3-9,12-13,22H,10-11H2,1-2H3. The van der Waals surface area contributed by atoms with E-state index in [1.54, 1.807) is 23.1 Å². The molecule has 0 bridgehead atoms. The van der Waals surface area contributed by atoms with Crippen LogP contribution in [0.25, 0.3) is 0 Å². The minimum absolute atomic E-state index is 0.113. The maximum absolute atomic E-state index is 13.3. The Morgan fingerprint density at radius 1 is 1.18 bits per heavy atom. The molecule has 1 aliphatic heterocycles. The van der Waals surface area contributed by atoms with Crippen LogP contribution in [0.15, 0.2) is 47.4 Å². The maximum Gasteiger partial charge on any atom is 0.261 e. The molecule has 2 unspecified atom stereocenters. The van der Waals surface area contributed by atoms with Gasteiger partial charge in [0.2, 0.25) is 0 Å². The van der Waals surface area contributed by atoms with E-state index in [0.29, 0.717) is 13.1 Å². The summed E-state index contributed by atoms with van der Waals surface area (Å²) in [5.41, 5.74) is 0.361. The molecule has 1 amide bonds. The lowest BCUT2D eigenvalue weighted by Crippen LogP contribution is -2.48. The molecule has 1 fully saturated rings. The van der Waals surface area contributed by atoms with Gasteiger partial charge >= 0.3 is 0 Å². The fourth-order valence-corrected chi connectivity index (χ4v) is 4.47. The lowest BCUT2D eigenvalue weighted by Gasteiger charge is -2.35. The molecule has 3 rings (SSSR count). The van der Waals surface area contributed by atoms with Crippen LogP contribution in [0.4, 0.5) is 10.1 Å². The summed E-state index contributed by atoms with van der Waals surface area (Å²) in [7, 11) is -4.06. The second kappa shape index (κ2) is 8.06. The van der Waals surface area contributed by atoms with Crippen LogP contribution >= 0.6 is 11.6 Å². The number of halogens is 2. The average molecular weight is 427 g/mol. The van der Waals surface area contributed by atoms with Crippen molar-refractivity contribution in [2.75, 3.05) is 17.8 Å². The van der Waals surface area contributed by atoms with E-state index < -0.39 is 15.8 Å². The molecule has 0 saturated carbocycles. The van der Waals surface area contributed by atoms with Crippen LogP contribution in [-0.2, 0) is 14.8 Å². The van der Waals surface area contributed by atoms with E-state index >= 15 is 0 Å². The molecular weight excluding hydrogens is 407 g/mol. The largest absolute Gasteiger partial charge is 0.372 e. The summed E-state index contributed by atoms with van der Waals surface area (Å²) in [5, 5.41) is -0.302. The Hall–Kier alpha value is -2.16. The van der Waals surface area contributed by atoms with Gasteiger partial charge in [-0.3, -0.25) is 9.52 Å². The van der Waals surface area contributed by atoms with Crippen LogP contribution in [0.2, 0.25) is 5.02 Å². The van der Waals surface area contributed by atoms with Gasteiger partial charge in [0.25, 0.3) is 15.9 Å². The second-order valence-electron chi connectivity index (χ2n) is 6.69. The van der Waals surface area contributed by atoms with Crippen molar-refractivity contribution in [3.63, 3.8) is 0 Å². The zero-order valence-electron chi connectivity index (χ0n) is 15.4. The summed E-state index contributed by atoms with van der Waals surface area (Å²) in [5.74, 6) is -1.01. The first-order valence-corrected chi connectivity index (χ1v) is 10.5. The van der Waals surface area contributed by atoms with Crippen LogP contribution in [0.1, 0.15) is 24.2 Å². The number of nitrogens with zero attached hydrogens (tertiary/aromatic N) is 1. The highest BCUT2D eigenvalue weighted by Crippen LogP contribution is 2.25. The molecule has 2 aromatic rings. The van der Waals surface area contributed by atoms with Crippen LogP contribution in [0, 0.1) is 5.82 Å². The first-order chi connectivity index (χ1) is 13.2. The third kappa shape index (κ3) is 4.45. The van der Waals surface area contributed by atoms with Gasteiger partial charge in [-0.1, -0.05) is 23.7 Å². The summed E-state index contributed by atoms with van der Waals surface area (Å²) < 4.78 is 46.8. The minimum atomic E-state index is -4.06. The molecule has 150 valence electrons. The third-order valence-corrected chi connectivity index (χ3v) is 5.96. The number of rotatable bonds is 4. The van der Waals surface area contributed by atoms with Gasteiger partial charge in [-0.2, -0.15) is 0 Å². The highest BCUT2D eigenvalue weighted by Gasteiger charge is 2.28. The molecule has 6 nitrogen and oxygen atoms in total. The number of carbonyl (C=O) groups is 1. The third-order valence-electron chi connectivity index (χ3n) is 4.31. The van der Waals surface area contributed by atoms with E-state index in [1.165, 1.54) is 6.07 Å². The quantitative estimate of drug-likeness (QED) is 0.811. The molecule has 0 radical (unpaired) electrons. The zero-order chi connectivity index (χ0) is 20.5. The van der Waals surface area contributed by atoms with E-state index in [0.717, 1.165) is 18.2 Å². The number of amides is 1. The van der Waals surface area contributed by atoms with Gasteiger partial charge < -0.3 is 9.64 Å². The van der Waals surface area contributed by atoms with Gasteiger partial charge in [0, 0.05) is 13.1 Å². The number of sulfonamides is 1. The number of hydrogen-bond donors (Lipinski definition) is 1. The van der Waals surface area contributed by atoms with E-state index in [9.17, 15) is 17.6 Å². The topological polar surface area (TPSA) is 75.7 Å². The first-order valence-electron chi connectivity index (χ1n) is 8.69. The van der Waals surface area contributed by atoms with Crippen molar-refractivity contribution in [2.24, 2.45) is 0 Å². The molecular formula is C19H20ClFN2O4S. The first kappa shape index (κ1) is 20.6. The van der Waals surface area contributed by atoms with E-state index in [1.807, 2.05) is 13.8 Å². The number of ether oxygens (including phenoxy) is 1. The van der Waals surface area contributed by atoms with Crippen LogP contribution in [0.3, 0.4) is 0 Å². The van der Waals surface area contributed by atoms with E-state index in [4.69, 9.17) is 16.3 Å². The van der Waals surface area contributed by atoms with E-state index in [2.05, 4.69) is 4.72 Å². The summed E-state index contributed by atoms with van der Waals surface area (Å²) in [6.07, 6.45) is -0.226. The summed E-state index contributed by atoms with van der Waals surface area (Å²) >= 11 is 5.69. The smallest absolute Gasteiger partial charge is 0.261 e. The van der Waals surface area contributed by atoms with Gasteiger partial charge in [0.15, 0.2) is 0 Å². The number of benzene rings is 2. The molecule has 9 heteroatoms. The number of carbonyl (C=O) groups excluding carboxylic acids is 1. The fourth-order valence-electron chi connectivity index (χ4n) is 3.12. The molecule has 28 heavy (non-hydrogen) atoms. The number of anilines is 1. The van der Waals surface area contributed by atoms with Crippen molar-refractivity contribution in [2.45, 2.75) is 31.0 Å². The van der Waals surface area contributed by atoms with Gasteiger partial charge in [-0.25, -0.2) is 12.8 Å². The van der Waals surface area contributed by atoms with Crippen molar-refractivity contribution in [1.82, 2.24) is 4.90 Å². The average Bonchev–Trinajstić information content (AvgIpc) is 2.62. The Bertz CT molecular complexity index is 989. The van der Waals surface area contributed by atoms with Crippen molar-refractivity contribution in [3.05, 3.63) is 58.9 Å². The predicted octanol–water partition coefficient (Wildman–Crippen LogP) is 3.53. The lowest BCUT2D eigenvalue weighted by atomic mass is 10.1. The Kier molecular flexibility index (Phi) is 5.92. The zero-order valence-corrected chi connectivity index (χ0v) is 16.9. The fraction of sp³-hybridized carbons (Fsp3) is 0.316. The molecule has 2 atom stereocenters. The minimum Gasteiger partial charge on any atom is -0.372 e. The second-order valence-corrected chi connectivity index (χ2v) is 8.78. The van der Waals surface area contributed by atoms with Crippen molar-refractivity contribution < 1.29 is 22.3 Å². The predicted molar refractivity (Wildman–Crippen MR) is 105 cm³/mol. The molecule has 0 aliphatic carbocycles. The monoisotopic (exact) mass is 426 g/mol. The number of nitrogens with one attached hydrogen (secondary N) is 1. The van der Waals surface area contributed by atoms with Crippen LogP contribution in [0.5, 0.6) is 0 Å². The molecule has 1 saturated heterocycles. The van der Waals surface area contributed by atoms with Gasteiger partial charge in [-0.05, 0) is 44.2 Å². The lowest BCUT2D eigenvalue weighted by molar-refractivity contribution is -0.0585. The molecule has 1 N–H and O–H groups in total. The van der Waals surface area contributed by atoms with Crippen molar-refractivity contribution >= 4 is 33.2 Å². The Morgan fingerprint density at radius 2 is 1.82 bits per heavy atom. The number of para-hydroxylation sites is 1.